The molecule has 0 atom stereocenters. The maximum absolute atomic E-state index is 9.69. The van der Waals surface area contributed by atoms with Crippen molar-refractivity contribution in [1.82, 2.24) is 5.32 Å². The van der Waals surface area contributed by atoms with Gasteiger partial charge in [-0.2, -0.15) is 0 Å². The van der Waals surface area contributed by atoms with Crippen molar-refractivity contribution in [3.8, 4) is 0 Å². The number of rotatable bonds is 3. The van der Waals surface area contributed by atoms with Crippen LogP contribution in [0, 0.1) is 0 Å². The van der Waals surface area contributed by atoms with Crippen molar-refractivity contribution in [2.75, 3.05) is 13.6 Å². The van der Waals surface area contributed by atoms with Gasteiger partial charge in [-0.1, -0.05) is 29.3 Å². The number of benzene rings is 1. The molecule has 1 aliphatic rings. The Morgan fingerprint density at radius 1 is 1.28 bits per heavy atom. The van der Waals surface area contributed by atoms with Gasteiger partial charge in [-0.3, -0.25) is 0 Å². The molecule has 0 bridgehead atoms. The van der Waals surface area contributed by atoms with Crippen molar-refractivity contribution in [3.63, 3.8) is 0 Å². The molecule has 2 nitrogen and oxygen atoms in total. The lowest BCUT2D eigenvalue weighted by molar-refractivity contribution is 0.0952. The van der Waals surface area contributed by atoms with Crippen molar-refractivity contribution in [3.05, 3.63) is 33.8 Å². The summed E-state index contributed by atoms with van der Waals surface area (Å²) >= 11 is 12.1. The van der Waals surface area contributed by atoms with Crippen LogP contribution < -0.4 is 5.32 Å². The van der Waals surface area contributed by atoms with Crippen LogP contribution in [0.3, 0.4) is 0 Å². The Labute approximate surface area is 118 Å². The number of nitrogens with one attached hydrogen (secondary N) is 1. The van der Waals surface area contributed by atoms with Crippen LogP contribution in [0.15, 0.2) is 18.2 Å². The number of halogens is 2. The van der Waals surface area contributed by atoms with Crippen LogP contribution >= 0.6 is 23.2 Å². The van der Waals surface area contributed by atoms with Crippen molar-refractivity contribution >= 4 is 23.2 Å². The van der Waals surface area contributed by atoms with Crippen LogP contribution in [0.25, 0.3) is 0 Å². The van der Waals surface area contributed by atoms with E-state index in [9.17, 15) is 5.11 Å². The van der Waals surface area contributed by atoms with Gasteiger partial charge >= 0.3 is 0 Å². The van der Waals surface area contributed by atoms with Gasteiger partial charge in [0, 0.05) is 12.0 Å². The van der Waals surface area contributed by atoms with Crippen LogP contribution in [0.5, 0.6) is 0 Å². The molecule has 100 valence electrons. The van der Waals surface area contributed by atoms with Gasteiger partial charge in [-0.05, 0) is 50.4 Å². The summed E-state index contributed by atoms with van der Waals surface area (Å²) in [7, 11) is 1.96. The highest BCUT2D eigenvalue weighted by Crippen LogP contribution is 2.40. The average Bonchev–Trinajstić information content (AvgIpc) is 2.36. The van der Waals surface area contributed by atoms with Crippen molar-refractivity contribution in [1.29, 1.82) is 0 Å². The molecule has 2 rings (SSSR count). The number of hydrogen-bond donors (Lipinski definition) is 2. The van der Waals surface area contributed by atoms with Gasteiger partial charge in [0.2, 0.25) is 0 Å². The lowest BCUT2D eigenvalue weighted by Gasteiger charge is -2.39. The van der Waals surface area contributed by atoms with Gasteiger partial charge in [-0.25, -0.2) is 0 Å². The van der Waals surface area contributed by atoms with Crippen LogP contribution in [-0.2, 0) is 5.41 Å². The van der Waals surface area contributed by atoms with E-state index in [2.05, 4.69) is 11.4 Å². The fraction of sp³-hybridized carbons (Fsp3) is 0.571. The van der Waals surface area contributed by atoms with Crippen LogP contribution in [0.4, 0.5) is 0 Å². The molecule has 0 aromatic heterocycles. The monoisotopic (exact) mass is 287 g/mol. The molecule has 1 saturated carbocycles. The van der Waals surface area contributed by atoms with Crippen molar-refractivity contribution < 1.29 is 5.11 Å². The van der Waals surface area contributed by atoms with E-state index in [1.165, 1.54) is 5.56 Å². The number of aliphatic hydroxyl groups excluding tert-OH is 1. The maximum atomic E-state index is 9.69. The van der Waals surface area contributed by atoms with Crippen molar-refractivity contribution in [2.45, 2.75) is 37.2 Å². The zero-order chi connectivity index (χ0) is 13.2. The van der Waals surface area contributed by atoms with Gasteiger partial charge in [0.15, 0.2) is 0 Å². The Morgan fingerprint density at radius 3 is 2.50 bits per heavy atom. The Balaban J connectivity index is 2.31. The number of likely N-dealkylation sites (N-methyl/N-ethyl adjacent to an activating group) is 1. The number of hydrogen-bond acceptors (Lipinski definition) is 2. The highest BCUT2D eigenvalue weighted by molar-refractivity contribution is 6.42. The second-order valence-corrected chi connectivity index (χ2v) is 5.99. The van der Waals surface area contributed by atoms with Gasteiger partial charge in [0.05, 0.1) is 16.1 Å². The van der Waals surface area contributed by atoms with Crippen LogP contribution in [-0.4, -0.2) is 24.8 Å². The molecule has 18 heavy (non-hydrogen) atoms. The molecule has 0 heterocycles. The standard InChI is InChI=1S/C14H19Cl2NO/c1-17-9-14(6-4-11(18)5-7-14)10-2-3-12(15)13(16)8-10/h2-3,8,11,17-18H,4-7,9H2,1H3/t11-,14-. The minimum Gasteiger partial charge on any atom is -0.393 e. The zero-order valence-corrected chi connectivity index (χ0v) is 12.1. The first kappa shape index (κ1) is 14.1. The SMILES string of the molecule is CNC[C@]1(c2ccc(Cl)c(Cl)c2)CC[C@H](O)CC1. The largest absolute Gasteiger partial charge is 0.393 e. The van der Waals surface area contributed by atoms with Crippen LogP contribution in [0.1, 0.15) is 31.2 Å². The fourth-order valence-electron chi connectivity index (χ4n) is 2.89. The summed E-state index contributed by atoms with van der Waals surface area (Å²) in [5.41, 5.74) is 1.29. The fourth-order valence-corrected chi connectivity index (χ4v) is 3.19. The van der Waals surface area contributed by atoms with E-state index in [0.29, 0.717) is 10.0 Å². The molecule has 0 radical (unpaired) electrons. The normalized spacial score (nSPS) is 28.3. The zero-order valence-electron chi connectivity index (χ0n) is 10.5. The third-order valence-corrected chi connectivity index (χ3v) is 4.70. The summed E-state index contributed by atoms with van der Waals surface area (Å²) in [6.45, 7) is 0.900. The summed E-state index contributed by atoms with van der Waals surface area (Å²) in [5, 5.41) is 14.2. The predicted octanol–water partition coefficient (Wildman–Crippen LogP) is 3.39. The summed E-state index contributed by atoms with van der Waals surface area (Å²) in [5.74, 6) is 0. The minimum absolute atomic E-state index is 0.0716. The molecule has 0 amide bonds. The first-order valence-electron chi connectivity index (χ1n) is 6.35. The maximum Gasteiger partial charge on any atom is 0.0595 e. The van der Waals surface area contributed by atoms with Gasteiger partial charge in [0.25, 0.3) is 0 Å². The second kappa shape index (κ2) is 5.79. The quantitative estimate of drug-likeness (QED) is 0.893. The molecule has 2 N–H and O–H groups in total. The number of aliphatic hydroxyl groups is 1. The average molecular weight is 288 g/mol. The molecular weight excluding hydrogens is 269 g/mol. The first-order chi connectivity index (χ1) is 8.57. The Hall–Kier alpha value is -0.280. The summed E-state index contributed by atoms with van der Waals surface area (Å²) < 4.78 is 0. The van der Waals surface area contributed by atoms with Crippen molar-refractivity contribution in [2.24, 2.45) is 0 Å². The lowest BCUT2D eigenvalue weighted by atomic mass is 9.68. The van der Waals surface area contributed by atoms with Gasteiger partial charge in [0.1, 0.15) is 0 Å². The first-order valence-corrected chi connectivity index (χ1v) is 7.11. The molecule has 0 aliphatic heterocycles. The smallest absolute Gasteiger partial charge is 0.0595 e. The molecule has 0 unspecified atom stereocenters. The van der Waals surface area contributed by atoms with E-state index in [4.69, 9.17) is 23.2 Å². The van der Waals surface area contributed by atoms with Gasteiger partial charge in [-0.15, -0.1) is 0 Å². The second-order valence-electron chi connectivity index (χ2n) is 5.17. The van der Waals surface area contributed by atoms with Crippen LogP contribution in [0.2, 0.25) is 10.0 Å². The Bertz CT molecular complexity index is 414. The lowest BCUT2D eigenvalue weighted by Crippen LogP contribution is -2.41. The summed E-state index contributed by atoms with van der Waals surface area (Å²) in [6, 6.07) is 5.89. The topological polar surface area (TPSA) is 32.3 Å². The van der Waals surface area contributed by atoms with E-state index >= 15 is 0 Å². The molecule has 4 heteroatoms. The summed E-state index contributed by atoms with van der Waals surface area (Å²) in [4.78, 5) is 0. The Kier molecular flexibility index (Phi) is 4.54. The van der Waals surface area contributed by atoms with E-state index in [-0.39, 0.29) is 11.5 Å². The molecule has 1 aromatic carbocycles. The molecular formula is C14H19Cl2NO. The van der Waals surface area contributed by atoms with E-state index in [0.717, 1.165) is 32.2 Å². The highest BCUT2D eigenvalue weighted by Gasteiger charge is 2.36. The molecule has 0 saturated heterocycles. The van der Waals surface area contributed by atoms with E-state index in [1.807, 2.05) is 19.2 Å². The molecule has 0 spiro atoms. The predicted molar refractivity (Wildman–Crippen MR) is 76.5 cm³/mol. The molecule has 1 aromatic rings. The molecule has 1 fully saturated rings. The van der Waals surface area contributed by atoms with E-state index < -0.39 is 0 Å². The van der Waals surface area contributed by atoms with E-state index in [1.54, 1.807) is 0 Å². The third kappa shape index (κ3) is 2.83. The molecule has 1 aliphatic carbocycles. The Morgan fingerprint density at radius 2 is 1.94 bits per heavy atom. The summed E-state index contributed by atoms with van der Waals surface area (Å²) in [6.07, 6.45) is 3.50. The van der Waals surface area contributed by atoms with Gasteiger partial charge < -0.3 is 10.4 Å². The third-order valence-electron chi connectivity index (χ3n) is 3.96. The highest BCUT2D eigenvalue weighted by atomic mass is 35.5. The minimum atomic E-state index is -0.155.